The summed E-state index contributed by atoms with van der Waals surface area (Å²) in [7, 11) is 0. The van der Waals surface area contributed by atoms with E-state index in [0.717, 1.165) is 30.7 Å². The van der Waals surface area contributed by atoms with E-state index < -0.39 is 11.8 Å². The van der Waals surface area contributed by atoms with Crippen molar-refractivity contribution < 1.29 is 23.8 Å². The van der Waals surface area contributed by atoms with Gasteiger partial charge in [-0.2, -0.15) is 5.10 Å². The van der Waals surface area contributed by atoms with Crippen LogP contribution >= 0.6 is 11.6 Å². The monoisotopic (exact) mass is 463 g/mol. The minimum atomic E-state index is -1.19. The third-order valence-electron chi connectivity index (χ3n) is 6.64. The Hall–Kier alpha value is -2.45. The lowest BCUT2D eigenvalue weighted by Gasteiger charge is -2.36. The Morgan fingerprint density at radius 2 is 2.12 bits per heavy atom. The van der Waals surface area contributed by atoms with E-state index in [9.17, 15) is 19.1 Å². The van der Waals surface area contributed by atoms with Crippen molar-refractivity contribution in [1.29, 1.82) is 0 Å². The Bertz CT molecular complexity index is 1050. The van der Waals surface area contributed by atoms with Crippen LogP contribution in [0.1, 0.15) is 63.9 Å². The molecular formula is C23H27ClFN3O4. The van der Waals surface area contributed by atoms with E-state index in [-0.39, 0.29) is 33.9 Å². The van der Waals surface area contributed by atoms with Crippen molar-refractivity contribution in [2.45, 2.75) is 52.0 Å². The van der Waals surface area contributed by atoms with Gasteiger partial charge in [0, 0.05) is 31.9 Å². The first-order valence-electron chi connectivity index (χ1n) is 11.0. The summed E-state index contributed by atoms with van der Waals surface area (Å²) in [5, 5.41) is 17.1. The molecule has 7 nitrogen and oxygen atoms in total. The topological polar surface area (TPSA) is 93.5 Å². The van der Waals surface area contributed by atoms with Crippen LogP contribution in [0.5, 0.6) is 0 Å². The number of carboxylic acids is 1. The highest BCUT2D eigenvalue weighted by molar-refractivity contribution is 6.30. The van der Waals surface area contributed by atoms with Crippen molar-refractivity contribution >= 4 is 23.5 Å². The highest BCUT2D eigenvalue weighted by Crippen LogP contribution is 2.37. The molecule has 0 aliphatic carbocycles. The van der Waals surface area contributed by atoms with Gasteiger partial charge in [0.25, 0.3) is 5.91 Å². The van der Waals surface area contributed by atoms with Crippen LogP contribution < -0.4 is 5.32 Å². The van der Waals surface area contributed by atoms with Crippen LogP contribution in [0, 0.1) is 11.2 Å². The van der Waals surface area contributed by atoms with Crippen molar-refractivity contribution in [2.24, 2.45) is 5.41 Å². The highest BCUT2D eigenvalue weighted by atomic mass is 35.5. The van der Waals surface area contributed by atoms with Crippen molar-refractivity contribution in [2.75, 3.05) is 19.8 Å². The van der Waals surface area contributed by atoms with Gasteiger partial charge in [-0.3, -0.25) is 9.48 Å². The molecule has 1 aromatic heterocycles. The molecular weight excluding hydrogens is 437 g/mol. The van der Waals surface area contributed by atoms with Crippen molar-refractivity contribution in [3.8, 4) is 0 Å². The smallest absolute Gasteiger partial charge is 0.336 e. The second kappa shape index (κ2) is 9.19. The molecule has 2 aromatic rings. The molecule has 0 bridgehead atoms. The van der Waals surface area contributed by atoms with Crippen LogP contribution in [0.15, 0.2) is 12.1 Å². The number of nitrogens with zero attached hydrogens (tertiary/aromatic N) is 2. The molecule has 1 spiro atoms. The zero-order chi connectivity index (χ0) is 22.9. The van der Waals surface area contributed by atoms with E-state index in [0.29, 0.717) is 44.7 Å². The van der Waals surface area contributed by atoms with Crippen LogP contribution in [-0.4, -0.2) is 46.5 Å². The summed E-state index contributed by atoms with van der Waals surface area (Å²) in [6.07, 6.45) is 3.76. The first kappa shape index (κ1) is 22.7. The van der Waals surface area contributed by atoms with E-state index in [4.69, 9.17) is 21.4 Å². The predicted molar refractivity (Wildman–Crippen MR) is 117 cm³/mol. The fourth-order valence-corrected chi connectivity index (χ4v) is 4.98. The van der Waals surface area contributed by atoms with Gasteiger partial charge in [0.05, 0.1) is 27.5 Å². The molecule has 1 fully saturated rings. The van der Waals surface area contributed by atoms with Gasteiger partial charge in [-0.15, -0.1) is 0 Å². The highest BCUT2D eigenvalue weighted by Gasteiger charge is 2.39. The Balaban J connectivity index is 1.60. The molecule has 2 aliphatic heterocycles. The Morgan fingerprint density at radius 1 is 1.38 bits per heavy atom. The average molecular weight is 464 g/mol. The summed E-state index contributed by atoms with van der Waals surface area (Å²) >= 11 is 5.88. The van der Waals surface area contributed by atoms with Crippen LogP contribution in [0.3, 0.4) is 0 Å². The van der Waals surface area contributed by atoms with Gasteiger partial charge in [-0.25, -0.2) is 9.18 Å². The maximum Gasteiger partial charge on any atom is 0.336 e. The summed E-state index contributed by atoms with van der Waals surface area (Å²) in [5.74, 6) is -1.98. The number of carbonyl (C=O) groups is 2. The summed E-state index contributed by atoms with van der Waals surface area (Å²) in [6.45, 7) is 4.38. The summed E-state index contributed by atoms with van der Waals surface area (Å²) in [6, 6.07) is 2.59. The molecule has 0 unspecified atom stereocenters. The number of amides is 1. The number of ether oxygens (including phenoxy) is 1. The molecule has 4 rings (SSSR count). The third kappa shape index (κ3) is 4.26. The first-order chi connectivity index (χ1) is 15.3. The number of halogens is 2. The average Bonchev–Trinajstić information content (AvgIpc) is 3.05. The molecule has 2 aliphatic rings. The standard InChI is InChI=1S/C23H27ClFN3O4/c1-2-17-19-18(12-23(13-26-21(19)29)7-10-32-11-8-23)28(27-17)9-3-4-14-15(22(30)31)5-6-16(24)20(14)25/h5-6H,2-4,7-13H2,1H3,(H,26,29)(H,30,31). The summed E-state index contributed by atoms with van der Waals surface area (Å²) < 4.78 is 21.9. The van der Waals surface area contributed by atoms with E-state index in [1.54, 1.807) is 0 Å². The predicted octanol–water partition coefficient (Wildman–Crippen LogP) is 3.65. The van der Waals surface area contributed by atoms with Crippen LogP contribution in [0.4, 0.5) is 4.39 Å². The first-order valence-corrected chi connectivity index (χ1v) is 11.4. The number of aryl methyl sites for hydroxylation is 2. The number of fused-ring (bicyclic) bond motifs is 1. The minimum Gasteiger partial charge on any atom is -0.478 e. The third-order valence-corrected chi connectivity index (χ3v) is 6.93. The zero-order valence-corrected chi connectivity index (χ0v) is 18.8. The van der Waals surface area contributed by atoms with Crippen molar-refractivity contribution in [3.63, 3.8) is 0 Å². The SMILES string of the molecule is CCc1nn(CCCc2c(C(=O)O)ccc(Cl)c2F)c2c1C(=O)NCC1(CCOCC1)C2. The fraction of sp³-hybridized carbons (Fsp3) is 0.522. The number of carboxylic acid groups (broad SMARTS) is 1. The van der Waals surface area contributed by atoms with Gasteiger partial charge in [-0.05, 0) is 56.1 Å². The van der Waals surface area contributed by atoms with Crippen LogP contribution in [0.2, 0.25) is 5.02 Å². The molecule has 1 amide bonds. The largest absolute Gasteiger partial charge is 0.478 e. The van der Waals surface area contributed by atoms with E-state index in [1.165, 1.54) is 12.1 Å². The quantitative estimate of drug-likeness (QED) is 0.682. The molecule has 1 saturated heterocycles. The Labute approximate surface area is 190 Å². The van der Waals surface area contributed by atoms with Gasteiger partial charge in [0.2, 0.25) is 0 Å². The lowest BCUT2D eigenvalue weighted by molar-refractivity contribution is 0.0152. The van der Waals surface area contributed by atoms with E-state index >= 15 is 0 Å². The minimum absolute atomic E-state index is 0.0580. The van der Waals surface area contributed by atoms with Gasteiger partial charge in [-0.1, -0.05) is 18.5 Å². The van der Waals surface area contributed by atoms with Gasteiger partial charge < -0.3 is 15.2 Å². The molecule has 9 heteroatoms. The molecule has 1 aromatic carbocycles. The summed E-state index contributed by atoms with van der Waals surface area (Å²) in [5.41, 5.74) is 2.26. The second-order valence-electron chi connectivity index (χ2n) is 8.61. The van der Waals surface area contributed by atoms with Crippen molar-refractivity contribution in [1.82, 2.24) is 15.1 Å². The zero-order valence-electron chi connectivity index (χ0n) is 18.0. The molecule has 32 heavy (non-hydrogen) atoms. The van der Waals surface area contributed by atoms with Gasteiger partial charge in [0.1, 0.15) is 5.82 Å². The number of aromatic nitrogens is 2. The normalized spacial score (nSPS) is 17.7. The van der Waals surface area contributed by atoms with Gasteiger partial charge >= 0.3 is 5.97 Å². The molecule has 0 saturated carbocycles. The number of hydrogen-bond donors (Lipinski definition) is 2. The number of benzene rings is 1. The molecule has 2 N–H and O–H groups in total. The van der Waals surface area contributed by atoms with Gasteiger partial charge in [0.15, 0.2) is 0 Å². The molecule has 3 heterocycles. The van der Waals surface area contributed by atoms with Crippen LogP contribution in [-0.2, 0) is 30.5 Å². The lowest BCUT2D eigenvalue weighted by atomic mass is 9.76. The number of hydrogen-bond acceptors (Lipinski definition) is 4. The fourth-order valence-electron chi connectivity index (χ4n) is 4.80. The maximum atomic E-state index is 14.5. The molecule has 172 valence electrons. The molecule has 0 atom stereocenters. The lowest BCUT2D eigenvalue weighted by Crippen LogP contribution is -2.40. The number of carbonyl (C=O) groups excluding carboxylic acids is 1. The van der Waals surface area contributed by atoms with E-state index in [1.807, 2.05) is 11.6 Å². The Morgan fingerprint density at radius 3 is 2.81 bits per heavy atom. The number of rotatable bonds is 6. The number of aromatic carboxylic acids is 1. The Kier molecular flexibility index (Phi) is 6.53. The molecule has 0 radical (unpaired) electrons. The maximum absolute atomic E-state index is 14.5. The second-order valence-corrected chi connectivity index (χ2v) is 9.02. The van der Waals surface area contributed by atoms with Crippen molar-refractivity contribution in [3.05, 3.63) is 51.1 Å². The number of nitrogens with one attached hydrogen (secondary N) is 1. The van der Waals surface area contributed by atoms with Crippen LogP contribution in [0.25, 0.3) is 0 Å². The van der Waals surface area contributed by atoms with E-state index in [2.05, 4.69) is 5.32 Å². The summed E-state index contributed by atoms with van der Waals surface area (Å²) in [4.78, 5) is 24.4.